The van der Waals surface area contributed by atoms with Crippen LogP contribution >= 0.6 is 0 Å². The van der Waals surface area contributed by atoms with Crippen LogP contribution in [0.2, 0.25) is 0 Å². The van der Waals surface area contributed by atoms with Crippen LogP contribution in [0.25, 0.3) is 0 Å². The van der Waals surface area contributed by atoms with Crippen molar-refractivity contribution in [1.29, 1.82) is 0 Å². The molecule has 5 heteroatoms. The summed E-state index contributed by atoms with van der Waals surface area (Å²) in [5, 5.41) is 0. The highest BCUT2D eigenvalue weighted by Gasteiger charge is 2.12. The van der Waals surface area contributed by atoms with Crippen molar-refractivity contribution in [2.75, 3.05) is 5.43 Å². The number of hydrogen-bond donors (Lipinski definition) is 2. The molecule has 0 fully saturated rings. The Labute approximate surface area is 125 Å². The lowest BCUT2D eigenvalue weighted by molar-refractivity contribution is 0.452. The second kappa shape index (κ2) is 6.10. The summed E-state index contributed by atoms with van der Waals surface area (Å²) in [6, 6.07) is 6.25. The van der Waals surface area contributed by atoms with Crippen molar-refractivity contribution in [1.82, 2.24) is 9.97 Å². The Bertz CT molecular complexity index is 653. The van der Waals surface area contributed by atoms with Crippen LogP contribution < -0.4 is 16.0 Å². The molecule has 2 rings (SSSR count). The molecule has 21 heavy (non-hydrogen) atoms. The number of hydrazine groups is 1. The largest absolute Gasteiger partial charge is 0.438 e. The number of benzene rings is 1. The smallest absolute Gasteiger partial charge is 0.227 e. The molecule has 0 aliphatic carbocycles. The van der Waals surface area contributed by atoms with Crippen LogP contribution in [0.4, 0.5) is 5.82 Å². The number of ether oxygens (including phenoxy) is 1. The molecule has 0 spiro atoms. The summed E-state index contributed by atoms with van der Waals surface area (Å²) in [5.41, 5.74) is 5.66. The third-order valence-electron chi connectivity index (χ3n) is 3.44. The summed E-state index contributed by atoms with van der Waals surface area (Å²) in [6.07, 6.45) is 0. The van der Waals surface area contributed by atoms with Crippen LogP contribution in [-0.4, -0.2) is 9.97 Å². The lowest BCUT2D eigenvalue weighted by atomic mass is 10.0. The highest BCUT2D eigenvalue weighted by Crippen LogP contribution is 2.31. The van der Waals surface area contributed by atoms with Crippen molar-refractivity contribution in [2.24, 2.45) is 5.84 Å². The van der Waals surface area contributed by atoms with Gasteiger partial charge in [0, 0.05) is 0 Å². The molecule has 0 aliphatic rings. The number of nitrogens with zero attached hydrogens (tertiary/aromatic N) is 2. The van der Waals surface area contributed by atoms with Crippen LogP contribution in [0.15, 0.2) is 18.2 Å². The van der Waals surface area contributed by atoms with Crippen LogP contribution in [0.5, 0.6) is 11.6 Å². The van der Waals surface area contributed by atoms with Crippen molar-refractivity contribution < 1.29 is 4.74 Å². The maximum absolute atomic E-state index is 6.01. The van der Waals surface area contributed by atoms with Gasteiger partial charge in [0.1, 0.15) is 17.4 Å². The van der Waals surface area contributed by atoms with Crippen molar-refractivity contribution in [2.45, 2.75) is 40.5 Å². The zero-order valence-corrected chi connectivity index (χ0v) is 13.2. The van der Waals surface area contributed by atoms with E-state index >= 15 is 0 Å². The molecule has 0 saturated heterocycles. The van der Waals surface area contributed by atoms with Crippen LogP contribution in [-0.2, 0) is 0 Å². The predicted molar refractivity (Wildman–Crippen MR) is 84.7 cm³/mol. The summed E-state index contributed by atoms with van der Waals surface area (Å²) in [7, 11) is 0. The van der Waals surface area contributed by atoms with Gasteiger partial charge in [-0.05, 0) is 43.9 Å². The Morgan fingerprint density at radius 2 is 1.86 bits per heavy atom. The Morgan fingerprint density at radius 1 is 1.14 bits per heavy atom. The van der Waals surface area contributed by atoms with Crippen molar-refractivity contribution in [3.63, 3.8) is 0 Å². The first-order valence-corrected chi connectivity index (χ1v) is 7.02. The minimum atomic E-state index is 0.447. The van der Waals surface area contributed by atoms with E-state index in [4.69, 9.17) is 10.6 Å². The van der Waals surface area contributed by atoms with E-state index in [-0.39, 0.29) is 0 Å². The van der Waals surface area contributed by atoms with Crippen molar-refractivity contribution in [3.8, 4) is 11.6 Å². The fourth-order valence-corrected chi connectivity index (χ4v) is 2.03. The fraction of sp³-hybridized carbons (Fsp3) is 0.375. The number of nitrogen functional groups attached to an aromatic ring is 1. The van der Waals surface area contributed by atoms with Crippen molar-refractivity contribution >= 4 is 5.82 Å². The first-order valence-electron chi connectivity index (χ1n) is 7.02. The average Bonchev–Trinajstić information content (AvgIpc) is 2.44. The minimum absolute atomic E-state index is 0.447. The molecule has 0 saturated carbocycles. The third-order valence-corrected chi connectivity index (χ3v) is 3.44. The molecule has 0 amide bonds. The Balaban J connectivity index is 2.42. The molecule has 112 valence electrons. The van der Waals surface area contributed by atoms with E-state index < -0.39 is 0 Å². The lowest BCUT2D eigenvalue weighted by Crippen LogP contribution is -2.12. The maximum Gasteiger partial charge on any atom is 0.227 e. The highest BCUT2D eigenvalue weighted by atomic mass is 16.5. The summed E-state index contributed by atoms with van der Waals surface area (Å²) in [5.74, 6) is 8.46. The van der Waals surface area contributed by atoms with Gasteiger partial charge in [0.05, 0.1) is 5.56 Å². The van der Waals surface area contributed by atoms with Gasteiger partial charge in [-0.2, -0.15) is 4.98 Å². The van der Waals surface area contributed by atoms with Gasteiger partial charge in [-0.25, -0.2) is 10.8 Å². The molecule has 0 unspecified atom stereocenters. The zero-order chi connectivity index (χ0) is 15.6. The van der Waals surface area contributed by atoms with Crippen LogP contribution in [0.1, 0.15) is 42.3 Å². The van der Waals surface area contributed by atoms with E-state index in [9.17, 15) is 0 Å². The number of nitrogens with one attached hydrogen (secondary N) is 1. The topological polar surface area (TPSA) is 73.1 Å². The molecule has 0 radical (unpaired) electrons. The number of anilines is 1. The predicted octanol–water partition coefficient (Wildman–Crippen LogP) is 3.60. The van der Waals surface area contributed by atoms with Crippen LogP contribution in [0, 0.1) is 20.8 Å². The summed E-state index contributed by atoms with van der Waals surface area (Å²) >= 11 is 0. The average molecular weight is 286 g/mol. The standard InChI is InChI=1S/C16H22N4O/c1-9(2)13-7-6-10(3)14(8-13)21-16-11(4)15(20-17)18-12(5)19-16/h6-9H,17H2,1-5H3,(H,18,19,20). The molecular weight excluding hydrogens is 264 g/mol. The van der Waals surface area contributed by atoms with Gasteiger partial charge in [0.25, 0.3) is 0 Å². The molecule has 0 bridgehead atoms. The van der Waals surface area contributed by atoms with Gasteiger partial charge in [-0.3, -0.25) is 0 Å². The lowest BCUT2D eigenvalue weighted by Gasteiger charge is -2.15. The first-order chi connectivity index (χ1) is 9.92. The second-order valence-electron chi connectivity index (χ2n) is 5.48. The molecule has 1 aromatic heterocycles. The van der Waals surface area contributed by atoms with Gasteiger partial charge in [0.2, 0.25) is 5.88 Å². The number of rotatable bonds is 4. The molecule has 0 atom stereocenters. The number of hydrogen-bond acceptors (Lipinski definition) is 5. The normalized spacial score (nSPS) is 10.8. The Kier molecular flexibility index (Phi) is 4.43. The first kappa shape index (κ1) is 15.3. The minimum Gasteiger partial charge on any atom is -0.438 e. The quantitative estimate of drug-likeness (QED) is 0.663. The van der Waals surface area contributed by atoms with Crippen molar-refractivity contribution in [3.05, 3.63) is 40.7 Å². The van der Waals surface area contributed by atoms with E-state index in [2.05, 4.69) is 47.4 Å². The van der Waals surface area contributed by atoms with E-state index in [1.807, 2.05) is 20.8 Å². The zero-order valence-electron chi connectivity index (χ0n) is 13.2. The third kappa shape index (κ3) is 3.31. The molecule has 3 N–H and O–H groups in total. The Morgan fingerprint density at radius 3 is 2.48 bits per heavy atom. The van der Waals surface area contributed by atoms with E-state index in [1.165, 1.54) is 5.56 Å². The number of nitrogens with two attached hydrogens (primary N) is 1. The van der Waals surface area contributed by atoms with E-state index in [0.717, 1.165) is 16.9 Å². The molecular formula is C16H22N4O. The van der Waals surface area contributed by atoms with Gasteiger partial charge < -0.3 is 10.2 Å². The molecule has 2 aromatic rings. The number of aromatic nitrogens is 2. The molecule has 1 heterocycles. The highest BCUT2D eigenvalue weighted by molar-refractivity contribution is 5.49. The fourth-order valence-electron chi connectivity index (χ4n) is 2.03. The summed E-state index contributed by atoms with van der Waals surface area (Å²) in [6.45, 7) is 10.0. The van der Waals surface area contributed by atoms with Gasteiger partial charge in [0.15, 0.2) is 0 Å². The van der Waals surface area contributed by atoms with E-state index in [1.54, 1.807) is 0 Å². The van der Waals surface area contributed by atoms with E-state index in [0.29, 0.717) is 23.4 Å². The monoisotopic (exact) mass is 286 g/mol. The SMILES string of the molecule is Cc1nc(NN)c(C)c(Oc2cc(C(C)C)ccc2C)n1. The molecule has 0 aliphatic heterocycles. The maximum atomic E-state index is 6.01. The van der Waals surface area contributed by atoms with Gasteiger partial charge in [-0.15, -0.1) is 0 Å². The summed E-state index contributed by atoms with van der Waals surface area (Å²) < 4.78 is 6.01. The molecule has 5 nitrogen and oxygen atoms in total. The van der Waals surface area contributed by atoms with Crippen LogP contribution in [0.3, 0.4) is 0 Å². The Hall–Kier alpha value is -2.14. The van der Waals surface area contributed by atoms with Gasteiger partial charge in [-0.1, -0.05) is 26.0 Å². The second-order valence-corrected chi connectivity index (χ2v) is 5.48. The summed E-state index contributed by atoms with van der Waals surface area (Å²) in [4.78, 5) is 8.60. The number of aryl methyl sites for hydroxylation is 2. The van der Waals surface area contributed by atoms with Gasteiger partial charge >= 0.3 is 0 Å². The molecule has 1 aromatic carbocycles.